The number of benzene rings is 2. The summed E-state index contributed by atoms with van der Waals surface area (Å²) in [7, 11) is 1.72. The zero-order valence-electron chi connectivity index (χ0n) is 20.1. The van der Waals surface area contributed by atoms with Crippen LogP contribution in [-0.2, 0) is 11.3 Å². The summed E-state index contributed by atoms with van der Waals surface area (Å²) in [5.41, 5.74) is 1.36. The van der Waals surface area contributed by atoms with Crippen LogP contribution in [0.5, 0.6) is 0 Å². The molecule has 0 radical (unpaired) electrons. The van der Waals surface area contributed by atoms with Crippen LogP contribution in [0.1, 0.15) is 31.7 Å². The van der Waals surface area contributed by atoms with Crippen molar-refractivity contribution in [2.75, 3.05) is 39.8 Å². The topological polar surface area (TPSA) is 71.5 Å². The normalized spacial score (nSPS) is 23.4. The fourth-order valence-electron chi connectivity index (χ4n) is 5.32. The summed E-state index contributed by atoms with van der Waals surface area (Å²) < 4.78 is 0. The molecule has 2 aromatic carbocycles. The average molecular weight is 463 g/mol. The lowest BCUT2D eigenvalue weighted by Crippen LogP contribution is -2.64. The summed E-state index contributed by atoms with van der Waals surface area (Å²) >= 11 is 0. The molecule has 0 bridgehead atoms. The van der Waals surface area contributed by atoms with Crippen molar-refractivity contribution >= 4 is 28.7 Å². The predicted octanol–water partition coefficient (Wildman–Crippen LogP) is 2.70. The summed E-state index contributed by atoms with van der Waals surface area (Å²) in [6.45, 7) is 7.45. The van der Waals surface area contributed by atoms with Gasteiger partial charge in [0, 0.05) is 46.3 Å². The van der Waals surface area contributed by atoms with Crippen LogP contribution in [-0.4, -0.2) is 89.5 Å². The van der Waals surface area contributed by atoms with Crippen molar-refractivity contribution in [1.82, 2.24) is 24.9 Å². The second kappa shape index (κ2) is 9.62. The van der Waals surface area contributed by atoms with Crippen LogP contribution in [0.2, 0.25) is 0 Å². The number of unbranched alkanes of at least 4 members (excludes halogenated alkanes) is 2. The maximum Gasteiger partial charge on any atom is 0.325 e. The summed E-state index contributed by atoms with van der Waals surface area (Å²) in [4.78, 5) is 38.4. The van der Waals surface area contributed by atoms with Crippen LogP contribution in [0.15, 0.2) is 47.5 Å². The van der Waals surface area contributed by atoms with E-state index >= 15 is 0 Å². The Morgan fingerprint density at radius 2 is 1.76 bits per heavy atom. The van der Waals surface area contributed by atoms with Crippen molar-refractivity contribution in [1.29, 1.82) is 0 Å². The molecule has 8 nitrogen and oxygen atoms in total. The Morgan fingerprint density at radius 1 is 1.00 bits per heavy atom. The molecule has 0 saturated carbocycles. The van der Waals surface area contributed by atoms with Gasteiger partial charge < -0.3 is 14.7 Å². The minimum Gasteiger partial charge on any atom is -0.340 e. The molecule has 3 aliphatic rings. The fourth-order valence-corrected chi connectivity index (χ4v) is 5.32. The highest BCUT2D eigenvalue weighted by Crippen LogP contribution is 2.27. The molecule has 0 aromatic heterocycles. The second-order valence-corrected chi connectivity index (χ2v) is 9.49. The number of aliphatic imine (C=N–C) groups is 1. The molecular weight excluding hydrogens is 428 g/mol. The molecule has 34 heavy (non-hydrogen) atoms. The van der Waals surface area contributed by atoms with Gasteiger partial charge in [-0.05, 0) is 22.8 Å². The maximum atomic E-state index is 12.8. The van der Waals surface area contributed by atoms with E-state index in [1.54, 1.807) is 11.9 Å². The molecular formula is C26H34N6O2. The minimum absolute atomic E-state index is 0.238. The highest BCUT2D eigenvalue weighted by molar-refractivity contribution is 6.03. The summed E-state index contributed by atoms with van der Waals surface area (Å²) in [6, 6.07) is 14.3. The van der Waals surface area contributed by atoms with E-state index in [1.807, 2.05) is 0 Å². The van der Waals surface area contributed by atoms with Crippen molar-refractivity contribution in [3.8, 4) is 0 Å². The van der Waals surface area contributed by atoms with Gasteiger partial charge in [0.15, 0.2) is 18.2 Å². The van der Waals surface area contributed by atoms with Gasteiger partial charge in [-0.1, -0.05) is 62.2 Å². The summed E-state index contributed by atoms with van der Waals surface area (Å²) in [5.74, 6) is 0.630. The van der Waals surface area contributed by atoms with E-state index in [4.69, 9.17) is 4.99 Å². The van der Waals surface area contributed by atoms with E-state index in [0.29, 0.717) is 0 Å². The zero-order valence-corrected chi connectivity index (χ0v) is 20.1. The average Bonchev–Trinajstić information content (AvgIpc) is 3.24. The Morgan fingerprint density at radius 3 is 2.56 bits per heavy atom. The molecule has 3 amide bonds. The number of rotatable bonds is 6. The first kappa shape index (κ1) is 22.7. The molecule has 2 aromatic rings. The van der Waals surface area contributed by atoms with Crippen molar-refractivity contribution in [2.24, 2.45) is 4.99 Å². The van der Waals surface area contributed by atoms with Gasteiger partial charge in [-0.2, -0.15) is 0 Å². The Hall–Kier alpha value is -3.13. The third-order valence-corrected chi connectivity index (χ3v) is 7.27. The molecule has 1 N–H and O–H groups in total. The van der Waals surface area contributed by atoms with E-state index in [9.17, 15) is 9.59 Å². The van der Waals surface area contributed by atoms with Gasteiger partial charge in [-0.3, -0.25) is 15.0 Å². The molecule has 3 aliphatic heterocycles. The number of likely N-dealkylation sites (N-methyl/N-ethyl adjacent to an activating group) is 1. The Balaban J connectivity index is 1.29. The maximum absolute atomic E-state index is 12.8. The third-order valence-electron chi connectivity index (χ3n) is 7.27. The molecule has 0 aliphatic carbocycles. The van der Waals surface area contributed by atoms with Gasteiger partial charge in [0.2, 0.25) is 0 Å². The van der Waals surface area contributed by atoms with E-state index < -0.39 is 12.2 Å². The Kier molecular flexibility index (Phi) is 6.41. The van der Waals surface area contributed by atoms with Gasteiger partial charge in [-0.15, -0.1) is 0 Å². The van der Waals surface area contributed by atoms with Gasteiger partial charge in [-0.25, -0.2) is 9.79 Å². The minimum atomic E-state index is -0.452. The number of hydrogen-bond donors (Lipinski definition) is 1. The standard InChI is InChI=1S/C26H34N6O2/c1-3-4-7-13-32-22-23(29(2)26(34)28-24(22)33)27-25(32)31-16-14-30(15-17-31)18-20-11-8-10-19-9-5-6-12-21(19)20/h5-6,8-12,22-23H,3-4,7,13-18H2,1-2H3,(H,28,33,34). The predicted molar refractivity (Wildman–Crippen MR) is 133 cm³/mol. The molecule has 2 unspecified atom stereocenters. The van der Waals surface area contributed by atoms with Crippen molar-refractivity contribution in [3.63, 3.8) is 0 Å². The number of nitrogens with one attached hydrogen (secondary N) is 1. The van der Waals surface area contributed by atoms with Crippen LogP contribution in [0.4, 0.5) is 4.79 Å². The number of fused-ring (bicyclic) bond motifs is 2. The smallest absolute Gasteiger partial charge is 0.325 e. The number of amides is 3. The highest BCUT2D eigenvalue weighted by atomic mass is 16.2. The van der Waals surface area contributed by atoms with E-state index in [1.165, 1.54) is 16.3 Å². The summed E-state index contributed by atoms with van der Waals surface area (Å²) in [5, 5.41) is 5.10. The zero-order chi connectivity index (χ0) is 23.7. The number of nitrogens with zero attached hydrogens (tertiary/aromatic N) is 5. The number of guanidine groups is 1. The van der Waals surface area contributed by atoms with Crippen LogP contribution < -0.4 is 5.32 Å². The van der Waals surface area contributed by atoms with Crippen LogP contribution >= 0.6 is 0 Å². The Labute approximate surface area is 201 Å². The molecule has 180 valence electrons. The van der Waals surface area contributed by atoms with Gasteiger partial charge >= 0.3 is 6.03 Å². The first-order chi connectivity index (χ1) is 16.6. The fraction of sp³-hybridized carbons (Fsp3) is 0.500. The first-order valence-electron chi connectivity index (χ1n) is 12.4. The highest BCUT2D eigenvalue weighted by Gasteiger charge is 2.49. The van der Waals surface area contributed by atoms with Crippen LogP contribution in [0, 0.1) is 0 Å². The van der Waals surface area contributed by atoms with Crippen molar-refractivity contribution in [2.45, 2.75) is 44.9 Å². The lowest BCUT2D eigenvalue weighted by molar-refractivity contribution is -0.127. The van der Waals surface area contributed by atoms with Gasteiger partial charge in [0.25, 0.3) is 5.91 Å². The third kappa shape index (κ3) is 4.22. The number of urea groups is 1. The quantitative estimate of drug-likeness (QED) is 0.669. The van der Waals surface area contributed by atoms with E-state index in [0.717, 1.165) is 64.5 Å². The van der Waals surface area contributed by atoms with E-state index in [2.05, 4.69) is 69.4 Å². The number of piperazine rings is 1. The number of hydrogen-bond acceptors (Lipinski definition) is 6. The lowest BCUT2D eigenvalue weighted by Gasteiger charge is -2.40. The van der Waals surface area contributed by atoms with Gasteiger partial charge in [0.05, 0.1) is 0 Å². The van der Waals surface area contributed by atoms with Crippen LogP contribution in [0.25, 0.3) is 10.8 Å². The van der Waals surface area contributed by atoms with Gasteiger partial charge in [0.1, 0.15) is 0 Å². The number of carbonyl (C=O) groups excluding carboxylic acids is 2. The lowest BCUT2D eigenvalue weighted by atomic mass is 10.0. The number of imide groups is 1. The number of carbonyl (C=O) groups is 2. The SMILES string of the molecule is CCCCCN1C(N2CCN(Cc3cccc4ccccc34)CC2)=NC2C1C(=O)NC(=O)N2C. The Bertz CT molecular complexity index is 1090. The monoisotopic (exact) mass is 462 g/mol. The molecule has 3 heterocycles. The van der Waals surface area contributed by atoms with Crippen LogP contribution in [0.3, 0.4) is 0 Å². The second-order valence-electron chi connectivity index (χ2n) is 9.49. The van der Waals surface area contributed by atoms with E-state index in [-0.39, 0.29) is 11.9 Å². The molecule has 0 spiro atoms. The molecule has 2 saturated heterocycles. The molecule has 8 heteroatoms. The molecule has 5 rings (SSSR count). The largest absolute Gasteiger partial charge is 0.340 e. The summed E-state index contributed by atoms with van der Waals surface area (Å²) in [6.07, 6.45) is 2.78. The first-order valence-corrected chi connectivity index (χ1v) is 12.4. The molecule has 2 fully saturated rings. The van der Waals surface area contributed by atoms with Crippen molar-refractivity contribution in [3.05, 3.63) is 48.0 Å². The van der Waals surface area contributed by atoms with Crippen molar-refractivity contribution < 1.29 is 9.59 Å². The molecule has 2 atom stereocenters.